The maximum absolute atomic E-state index is 13.9. The molecule has 1 aliphatic rings. The number of amides is 1. The Morgan fingerprint density at radius 3 is 3.00 bits per heavy atom. The highest BCUT2D eigenvalue weighted by Crippen LogP contribution is 2.29. The summed E-state index contributed by atoms with van der Waals surface area (Å²) in [4.78, 5) is 12.5. The lowest BCUT2D eigenvalue weighted by atomic mass is 9.88. The third-order valence-electron chi connectivity index (χ3n) is 3.88. The Balaban J connectivity index is 2.22. The number of hydrogen-bond donors (Lipinski definition) is 1. The van der Waals surface area contributed by atoms with E-state index in [1.165, 1.54) is 11.0 Å². The first kappa shape index (κ1) is 16.8. The van der Waals surface area contributed by atoms with E-state index in [2.05, 4.69) is 0 Å². The van der Waals surface area contributed by atoms with E-state index in [1.807, 2.05) is 6.08 Å². The van der Waals surface area contributed by atoms with Gasteiger partial charge in [0.15, 0.2) is 0 Å². The number of rotatable bonds is 4. The minimum Gasteiger partial charge on any atom is -0.465 e. The van der Waals surface area contributed by atoms with Gasteiger partial charge in [-0.1, -0.05) is 29.3 Å². The third-order valence-corrected chi connectivity index (χ3v) is 4.11. The Bertz CT molecular complexity index is 577. The van der Waals surface area contributed by atoms with Crippen molar-refractivity contribution >= 4 is 23.8 Å². The van der Waals surface area contributed by atoms with Crippen LogP contribution >= 0.6 is 11.6 Å². The molecule has 1 aromatic rings. The lowest BCUT2D eigenvalue weighted by molar-refractivity contribution is 0.121. The highest BCUT2D eigenvalue weighted by atomic mass is 35.5. The summed E-state index contributed by atoms with van der Waals surface area (Å²) in [5.41, 5.74) is 1.53. The van der Waals surface area contributed by atoms with Gasteiger partial charge in [0.25, 0.3) is 0 Å². The van der Waals surface area contributed by atoms with Crippen LogP contribution in [0.3, 0.4) is 0 Å². The van der Waals surface area contributed by atoms with Crippen LogP contribution in [-0.4, -0.2) is 42.9 Å². The molecule has 0 bridgehead atoms. The van der Waals surface area contributed by atoms with E-state index in [4.69, 9.17) is 21.4 Å². The van der Waals surface area contributed by atoms with Gasteiger partial charge < -0.3 is 14.7 Å². The standard InChI is InChI=1S/C16H19ClFNO3/c1-22-7-5-13-10-19(16(20)21)6-4-11(13)8-12-2-3-14(17)9-15(12)18/h2-3,8-9,13H,4-7,10H2,1H3,(H,20,21)/b11-8+. The highest BCUT2D eigenvalue weighted by Gasteiger charge is 2.26. The summed E-state index contributed by atoms with van der Waals surface area (Å²) < 4.78 is 19.0. The van der Waals surface area contributed by atoms with Crippen molar-refractivity contribution in [2.24, 2.45) is 5.92 Å². The summed E-state index contributed by atoms with van der Waals surface area (Å²) in [6.45, 7) is 1.39. The molecule has 2 rings (SSSR count). The number of likely N-dealkylation sites (tertiary alicyclic amines) is 1. The minimum atomic E-state index is -0.917. The van der Waals surface area contributed by atoms with Crippen molar-refractivity contribution in [2.45, 2.75) is 12.8 Å². The molecule has 0 radical (unpaired) electrons. The van der Waals surface area contributed by atoms with Crippen molar-refractivity contribution in [1.82, 2.24) is 4.90 Å². The van der Waals surface area contributed by atoms with Gasteiger partial charge in [-0.2, -0.15) is 0 Å². The van der Waals surface area contributed by atoms with Crippen molar-refractivity contribution in [3.05, 3.63) is 40.2 Å². The number of piperidine rings is 1. The Labute approximate surface area is 134 Å². The summed E-state index contributed by atoms with van der Waals surface area (Å²) in [5, 5.41) is 9.49. The van der Waals surface area contributed by atoms with Gasteiger partial charge in [-0.05, 0) is 25.0 Å². The topological polar surface area (TPSA) is 49.8 Å². The maximum Gasteiger partial charge on any atom is 0.407 e. The zero-order valence-corrected chi connectivity index (χ0v) is 13.1. The van der Waals surface area contributed by atoms with E-state index < -0.39 is 6.09 Å². The van der Waals surface area contributed by atoms with Crippen LogP contribution in [0, 0.1) is 11.7 Å². The van der Waals surface area contributed by atoms with E-state index in [0.29, 0.717) is 43.1 Å². The second-order valence-corrected chi connectivity index (χ2v) is 5.78. The van der Waals surface area contributed by atoms with Crippen molar-refractivity contribution in [3.63, 3.8) is 0 Å². The van der Waals surface area contributed by atoms with Crippen LogP contribution in [0.4, 0.5) is 9.18 Å². The molecule has 1 aliphatic heterocycles. The molecule has 120 valence electrons. The summed E-state index contributed by atoms with van der Waals surface area (Å²) in [5.74, 6) is -0.328. The van der Waals surface area contributed by atoms with Crippen LogP contribution < -0.4 is 0 Å². The first-order valence-electron chi connectivity index (χ1n) is 7.13. The first-order valence-corrected chi connectivity index (χ1v) is 7.51. The van der Waals surface area contributed by atoms with Crippen LogP contribution in [-0.2, 0) is 4.74 Å². The highest BCUT2D eigenvalue weighted by molar-refractivity contribution is 6.30. The molecule has 22 heavy (non-hydrogen) atoms. The molecule has 1 atom stereocenters. The minimum absolute atomic E-state index is 0.0416. The molecule has 0 spiro atoms. The summed E-state index contributed by atoms with van der Waals surface area (Å²) in [6.07, 6.45) is 2.20. The molecular weight excluding hydrogens is 309 g/mol. The van der Waals surface area contributed by atoms with Crippen molar-refractivity contribution in [2.75, 3.05) is 26.8 Å². The number of nitrogens with zero attached hydrogens (tertiary/aromatic N) is 1. The molecule has 6 heteroatoms. The Morgan fingerprint density at radius 1 is 1.59 bits per heavy atom. The van der Waals surface area contributed by atoms with Gasteiger partial charge in [0.05, 0.1) is 0 Å². The van der Waals surface area contributed by atoms with E-state index in [-0.39, 0.29) is 11.7 Å². The van der Waals surface area contributed by atoms with Gasteiger partial charge in [0.2, 0.25) is 0 Å². The van der Waals surface area contributed by atoms with Crippen LogP contribution in [0.1, 0.15) is 18.4 Å². The molecule has 1 aromatic carbocycles. The fourth-order valence-electron chi connectivity index (χ4n) is 2.66. The molecule has 0 aromatic heterocycles. The van der Waals surface area contributed by atoms with Crippen LogP contribution in [0.15, 0.2) is 23.8 Å². The average Bonchev–Trinajstić information content (AvgIpc) is 2.48. The molecule has 1 fully saturated rings. The molecule has 4 nitrogen and oxygen atoms in total. The van der Waals surface area contributed by atoms with Crippen LogP contribution in [0.2, 0.25) is 5.02 Å². The second kappa shape index (κ2) is 7.61. The van der Waals surface area contributed by atoms with Crippen molar-refractivity contribution in [1.29, 1.82) is 0 Å². The van der Waals surface area contributed by atoms with Gasteiger partial charge >= 0.3 is 6.09 Å². The van der Waals surface area contributed by atoms with Crippen molar-refractivity contribution in [3.8, 4) is 0 Å². The summed E-state index contributed by atoms with van der Waals surface area (Å²) >= 11 is 5.76. The SMILES string of the molecule is COCCC1CN(C(=O)O)CC/C1=C\c1ccc(Cl)cc1F. The smallest absolute Gasteiger partial charge is 0.407 e. The number of ether oxygens (including phenoxy) is 1. The molecule has 1 unspecified atom stereocenters. The predicted octanol–water partition coefficient (Wildman–Crippen LogP) is 3.90. The number of methoxy groups -OCH3 is 1. The Hall–Kier alpha value is -1.59. The monoisotopic (exact) mass is 327 g/mol. The lowest BCUT2D eigenvalue weighted by Gasteiger charge is -2.33. The van der Waals surface area contributed by atoms with E-state index >= 15 is 0 Å². The quantitative estimate of drug-likeness (QED) is 0.912. The fourth-order valence-corrected chi connectivity index (χ4v) is 2.82. The Morgan fingerprint density at radius 2 is 2.36 bits per heavy atom. The molecule has 1 amide bonds. The van der Waals surface area contributed by atoms with Gasteiger partial charge in [0.1, 0.15) is 5.82 Å². The largest absolute Gasteiger partial charge is 0.465 e. The molecule has 0 aliphatic carbocycles. The predicted molar refractivity (Wildman–Crippen MR) is 83.6 cm³/mol. The van der Waals surface area contributed by atoms with Crippen molar-refractivity contribution < 1.29 is 19.0 Å². The van der Waals surface area contributed by atoms with E-state index in [1.54, 1.807) is 19.2 Å². The lowest BCUT2D eigenvalue weighted by Crippen LogP contribution is -2.40. The zero-order chi connectivity index (χ0) is 16.1. The third kappa shape index (κ3) is 4.21. The fraction of sp³-hybridized carbons (Fsp3) is 0.438. The van der Waals surface area contributed by atoms with E-state index in [0.717, 1.165) is 5.57 Å². The maximum atomic E-state index is 13.9. The number of halogens is 2. The first-order chi connectivity index (χ1) is 10.5. The zero-order valence-electron chi connectivity index (χ0n) is 12.4. The molecule has 1 heterocycles. The van der Waals surface area contributed by atoms with Gasteiger partial charge in [-0.15, -0.1) is 0 Å². The van der Waals surface area contributed by atoms with Gasteiger partial charge in [-0.25, -0.2) is 9.18 Å². The van der Waals surface area contributed by atoms with E-state index in [9.17, 15) is 9.18 Å². The number of carbonyl (C=O) groups is 1. The average molecular weight is 328 g/mol. The Kier molecular flexibility index (Phi) is 5.80. The van der Waals surface area contributed by atoms with Gasteiger partial charge in [0, 0.05) is 43.3 Å². The summed E-state index contributed by atoms with van der Waals surface area (Å²) in [6, 6.07) is 4.57. The van der Waals surface area contributed by atoms with Gasteiger partial charge in [-0.3, -0.25) is 0 Å². The number of carboxylic acid groups (broad SMARTS) is 1. The normalized spacial score (nSPS) is 20.4. The molecular formula is C16H19ClFNO3. The van der Waals surface area contributed by atoms with Crippen LogP contribution in [0.25, 0.3) is 6.08 Å². The molecule has 1 saturated heterocycles. The number of hydrogen-bond acceptors (Lipinski definition) is 2. The summed E-state index contributed by atoms with van der Waals surface area (Å²) in [7, 11) is 1.61. The second-order valence-electron chi connectivity index (χ2n) is 5.34. The molecule has 1 N–H and O–H groups in total. The van der Waals surface area contributed by atoms with Crippen LogP contribution in [0.5, 0.6) is 0 Å². The number of benzene rings is 1. The molecule has 0 saturated carbocycles.